The van der Waals surface area contributed by atoms with E-state index < -0.39 is 15.6 Å². The quantitative estimate of drug-likeness (QED) is 0.251. The second-order valence-electron chi connectivity index (χ2n) is 8.53. The zero-order chi connectivity index (χ0) is 26.2. The third kappa shape index (κ3) is 4.91. The summed E-state index contributed by atoms with van der Waals surface area (Å²) in [5.74, 6) is 0.140. The zero-order valence-corrected chi connectivity index (χ0v) is 20.8. The van der Waals surface area contributed by atoms with Gasteiger partial charge in [0.2, 0.25) is 5.88 Å². The van der Waals surface area contributed by atoms with Crippen LogP contribution >= 0.6 is 0 Å². The Bertz CT molecular complexity index is 1760. The van der Waals surface area contributed by atoms with Gasteiger partial charge in [-0.25, -0.2) is 17.9 Å². The molecule has 0 unspecified atom stereocenters. The number of aromatic nitrogens is 1. The molecule has 3 N–H and O–H groups in total. The van der Waals surface area contributed by atoms with Crippen molar-refractivity contribution in [2.45, 2.75) is 25.3 Å². The van der Waals surface area contributed by atoms with Crippen molar-refractivity contribution >= 4 is 32.6 Å². The molecule has 2 aromatic heterocycles. The van der Waals surface area contributed by atoms with E-state index in [1.54, 1.807) is 38.1 Å². The zero-order valence-electron chi connectivity index (χ0n) is 20.0. The van der Waals surface area contributed by atoms with E-state index in [4.69, 9.17) is 8.94 Å². The lowest BCUT2D eigenvalue weighted by atomic mass is 10.0. The maximum absolute atomic E-state index is 12.7. The van der Waals surface area contributed by atoms with Crippen LogP contribution in [0.5, 0.6) is 5.75 Å². The van der Waals surface area contributed by atoms with E-state index in [1.165, 1.54) is 18.2 Å². The fraction of sp³-hybridized carbons (Fsp3) is 0.111. The first-order valence-electron chi connectivity index (χ1n) is 11.4. The SMILES string of the molecule is Cc1noc(NS(=O)(=O)c2ccc(NCc3cc(=O)oc4cc(-c5ccccc5)c(O)cc34)cc2)c1C. The van der Waals surface area contributed by atoms with E-state index in [9.17, 15) is 18.3 Å². The Hall–Kier alpha value is -4.57. The number of aromatic hydroxyl groups is 1. The Labute approximate surface area is 212 Å². The second kappa shape index (κ2) is 9.47. The van der Waals surface area contributed by atoms with E-state index >= 15 is 0 Å². The molecular weight excluding hydrogens is 494 g/mol. The van der Waals surface area contributed by atoms with Gasteiger partial charge >= 0.3 is 5.63 Å². The van der Waals surface area contributed by atoms with Crippen LogP contribution in [0.15, 0.2) is 91.4 Å². The largest absolute Gasteiger partial charge is 0.507 e. The van der Waals surface area contributed by atoms with Crippen molar-refractivity contribution < 1.29 is 22.5 Å². The number of sulfonamides is 1. The fourth-order valence-corrected chi connectivity index (χ4v) is 4.94. The summed E-state index contributed by atoms with van der Waals surface area (Å²) < 4.78 is 38.3. The van der Waals surface area contributed by atoms with Crippen LogP contribution in [0.2, 0.25) is 0 Å². The van der Waals surface area contributed by atoms with Gasteiger partial charge in [-0.3, -0.25) is 0 Å². The van der Waals surface area contributed by atoms with Crippen molar-refractivity contribution in [3.63, 3.8) is 0 Å². The van der Waals surface area contributed by atoms with Crippen LogP contribution < -0.4 is 15.7 Å². The van der Waals surface area contributed by atoms with Crippen molar-refractivity contribution in [2.24, 2.45) is 0 Å². The minimum Gasteiger partial charge on any atom is -0.507 e. The third-order valence-electron chi connectivity index (χ3n) is 6.06. The minimum atomic E-state index is -3.87. The number of hydrogen-bond acceptors (Lipinski definition) is 8. The molecular formula is C27H23N3O6S. The number of hydrogen-bond donors (Lipinski definition) is 3. The molecule has 0 saturated heterocycles. The molecule has 5 aromatic rings. The van der Waals surface area contributed by atoms with Crippen molar-refractivity contribution in [1.82, 2.24) is 5.16 Å². The maximum Gasteiger partial charge on any atom is 0.336 e. The van der Waals surface area contributed by atoms with Gasteiger partial charge in [0.1, 0.15) is 11.3 Å². The first-order chi connectivity index (χ1) is 17.7. The summed E-state index contributed by atoms with van der Waals surface area (Å²) in [6.45, 7) is 3.68. The Morgan fingerprint density at radius 3 is 2.38 bits per heavy atom. The number of rotatable bonds is 7. The highest BCUT2D eigenvalue weighted by Gasteiger charge is 2.19. The average molecular weight is 518 g/mol. The molecule has 0 aliphatic heterocycles. The molecule has 0 aliphatic carbocycles. The van der Waals surface area contributed by atoms with Crippen LogP contribution in [0.1, 0.15) is 16.8 Å². The van der Waals surface area contributed by atoms with Crippen LogP contribution in [-0.2, 0) is 16.6 Å². The highest BCUT2D eigenvalue weighted by Crippen LogP contribution is 2.34. The first-order valence-corrected chi connectivity index (χ1v) is 12.8. The number of fused-ring (bicyclic) bond motifs is 1. The van der Waals surface area contributed by atoms with E-state index in [-0.39, 0.29) is 23.1 Å². The summed E-state index contributed by atoms with van der Waals surface area (Å²) in [5, 5.41) is 18.2. The predicted molar refractivity (Wildman–Crippen MR) is 140 cm³/mol. The monoisotopic (exact) mass is 517 g/mol. The molecule has 0 amide bonds. The smallest absolute Gasteiger partial charge is 0.336 e. The Morgan fingerprint density at radius 2 is 1.70 bits per heavy atom. The normalized spacial score (nSPS) is 11.5. The molecule has 10 heteroatoms. The van der Waals surface area contributed by atoms with E-state index in [1.807, 2.05) is 30.3 Å². The summed E-state index contributed by atoms with van der Waals surface area (Å²) in [4.78, 5) is 12.3. The molecule has 9 nitrogen and oxygen atoms in total. The van der Waals surface area contributed by atoms with Gasteiger partial charge in [-0.2, -0.15) is 0 Å². The predicted octanol–water partition coefficient (Wildman–Crippen LogP) is 5.18. The Kier molecular flexibility index (Phi) is 6.18. The lowest BCUT2D eigenvalue weighted by Crippen LogP contribution is -2.13. The standard InChI is InChI=1S/C27H23N3O6S/c1-16-17(2)29-36-27(16)30-37(33,34)21-10-8-20(9-11-21)28-15-19-12-26(32)35-25-14-22(24(31)13-23(19)25)18-6-4-3-5-7-18/h3-14,28,30-31H,15H2,1-2H3. The van der Waals surface area contributed by atoms with Crippen LogP contribution in [0.3, 0.4) is 0 Å². The van der Waals surface area contributed by atoms with E-state index in [0.717, 1.165) is 5.56 Å². The molecule has 0 spiro atoms. The molecule has 37 heavy (non-hydrogen) atoms. The molecule has 0 saturated carbocycles. The summed E-state index contributed by atoms with van der Waals surface area (Å²) in [7, 11) is -3.87. The summed E-state index contributed by atoms with van der Waals surface area (Å²) in [6.07, 6.45) is 0. The van der Waals surface area contributed by atoms with E-state index in [0.29, 0.717) is 39.0 Å². The number of benzene rings is 3. The molecule has 0 fully saturated rings. The van der Waals surface area contributed by atoms with Gasteiger partial charge in [0.15, 0.2) is 0 Å². The van der Waals surface area contributed by atoms with Crippen LogP contribution in [-0.4, -0.2) is 18.7 Å². The van der Waals surface area contributed by atoms with Gasteiger partial charge in [-0.1, -0.05) is 35.5 Å². The van der Waals surface area contributed by atoms with Gasteiger partial charge in [0, 0.05) is 34.8 Å². The van der Waals surface area contributed by atoms with Gasteiger partial charge in [-0.15, -0.1) is 0 Å². The summed E-state index contributed by atoms with van der Waals surface area (Å²) in [6, 6.07) is 20.0. The van der Waals surface area contributed by atoms with Crippen LogP contribution in [0, 0.1) is 13.8 Å². The third-order valence-corrected chi connectivity index (χ3v) is 7.41. The van der Waals surface area contributed by atoms with Crippen molar-refractivity contribution in [3.8, 4) is 16.9 Å². The number of phenols is 1. The lowest BCUT2D eigenvalue weighted by molar-refractivity contribution is 0.430. The van der Waals surface area contributed by atoms with Gasteiger partial charge in [-0.05, 0) is 61.4 Å². The minimum absolute atomic E-state index is 0.0515. The second-order valence-corrected chi connectivity index (χ2v) is 10.2. The van der Waals surface area contributed by atoms with Crippen molar-refractivity contribution in [1.29, 1.82) is 0 Å². The van der Waals surface area contributed by atoms with Gasteiger partial charge < -0.3 is 19.4 Å². The molecule has 3 aromatic carbocycles. The summed E-state index contributed by atoms with van der Waals surface area (Å²) in [5.41, 5.74) is 3.67. The average Bonchev–Trinajstić information content (AvgIpc) is 3.19. The number of aryl methyl sites for hydroxylation is 1. The molecule has 0 aliphatic rings. The fourth-order valence-electron chi connectivity index (χ4n) is 3.90. The summed E-state index contributed by atoms with van der Waals surface area (Å²) >= 11 is 0. The highest BCUT2D eigenvalue weighted by molar-refractivity contribution is 7.92. The molecule has 0 radical (unpaired) electrons. The van der Waals surface area contributed by atoms with Crippen LogP contribution in [0.25, 0.3) is 22.1 Å². The maximum atomic E-state index is 12.7. The van der Waals surface area contributed by atoms with Crippen molar-refractivity contribution in [2.75, 3.05) is 10.0 Å². The Morgan fingerprint density at radius 1 is 0.973 bits per heavy atom. The van der Waals surface area contributed by atoms with Gasteiger partial charge in [0.25, 0.3) is 10.0 Å². The number of nitrogens with one attached hydrogen (secondary N) is 2. The van der Waals surface area contributed by atoms with Gasteiger partial charge in [0.05, 0.1) is 10.6 Å². The van der Waals surface area contributed by atoms with Crippen molar-refractivity contribution in [3.05, 3.63) is 100 Å². The Balaban J connectivity index is 1.37. The molecule has 2 heterocycles. The number of phenolic OH excluding ortho intramolecular Hbond substituents is 1. The lowest BCUT2D eigenvalue weighted by Gasteiger charge is -2.12. The topological polar surface area (TPSA) is 135 Å². The molecule has 5 rings (SSSR count). The number of anilines is 2. The molecule has 0 atom stereocenters. The first kappa shape index (κ1) is 24.1. The van der Waals surface area contributed by atoms with E-state index in [2.05, 4.69) is 15.2 Å². The van der Waals surface area contributed by atoms with Crippen LogP contribution in [0.4, 0.5) is 11.6 Å². The molecule has 0 bridgehead atoms. The molecule has 188 valence electrons. The number of nitrogens with zero attached hydrogens (tertiary/aromatic N) is 1. The highest BCUT2D eigenvalue weighted by atomic mass is 32.2.